The molecule has 2 atom stereocenters. The minimum Gasteiger partial charge on any atom is -0.465 e. The van der Waals surface area contributed by atoms with Crippen LogP contribution in [0.1, 0.15) is 31.4 Å². The van der Waals surface area contributed by atoms with Crippen LogP contribution in [0.5, 0.6) is 5.88 Å². The molecule has 1 saturated carbocycles. The standard InChI is InChI=1S/C14H22N2O4/c1-10-6-14(16-20-10)19-9-13(18)15-7-11-4-2-3-5-12(11)8-17/h6,11-12,17H,2-5,7-9H2,1H3,(H,15,18). The van der Waals surface area contributed by atoms with Crippen LogP contribution in [0.25, 0.3) is 0 Å². The SMILES string of the molecule is Cc1cc(OCC(=O)NCC2CCCCC2CO)no1. The summed E-state index contributed by atoms with van der Waals surface area (Å²) in [6, 6.07) is 1.64. The number of aryl methyl sites for hydroxylation is 1. The number of amides is 1. The molecule has 0 aliphatic heterocycles. The minimum absolute atomic E-state index is 0.0670. The van der Waals surface area contributed by atoms with Crippen molar-refractivity contribution in [3.05, 3.63) is 11.8 Å². The molecule has 0 bridgehead atoms. The zero-order chi connectivity index (χ0) is 14.4. The number of aromatic nitrogens is 1. The van der Waals surface area contributed by atoms with Crippen LogP contribution in [0.2, 0.25) is 0 Å². The predicted octanol–water partition coefficient (Wildman–Crippen LogP) is 1.28. The Balaban J connectivity index is 1.69. The second kappa shape index (κ2) is 7.28. The monoisotopic (exact) mass is 282 g/mol. The van der Waals surface area contributed by atoms with Crippen molar-refractivity contribution in [3.63, 3.8) is 0 Å². The number of ether oxygens (including phenoxy) is 1. The number of carbonyl (C=O) groups is 1. The lowest BCUT2D eigenvalue weighted by Gasteiger charge is -2.30. The molecule has 0 saturated heterocycles. The van der Waals surface area contributed by atoms with E-state index in [9.17, 15) is 9.90 Å². The number of nitrogens with zero attached hydrogens (tertiary/aromatic N) is 1. The molecule has 1 aliphatic carbocycles. The Morgan fingerprint density at radius 1 is 1.50 bits per heavy atom. The van der Waals surface area contributed by atoms with Gasteiger partial charge in [0, 0.05) is 19.2 Å². The molecule has 20 heavy (non-hydrogen) atoms. The van der Waals surface area contributed by atoms with Gasteiger partial charge < -0.3 is 19.7 Å². The molecule has 6 heteroatoms. The Morgan fingerprint density at radius 3 is 2.90 bits per heavy atom. The number of rotatable bonds is 6. The van der Waals surface area contributed by atoms with Gasteiger partial charge in [-0.1, -0.05) is 12.8 Å². The molecule has 2 unspecified atom stereocenters. The van der Waals surface area contributed by atoms with Gasteiger partial charge in [0.05, 0.1) is 0 Å². The molecule has 0 spiro atoms. The lowest BCUT2D eigenvalue weighted by Crippen LogP contribution is -2.37. The van der Waals surface area contributed by atoms with E-state index in [0.717, 1.165) is 12.8 Å². The fourth-order valence-electron chi connectivity index (χ4n) is 2.64. The summed E-state index contributed by atoms with van der Waals surface area (Å²) in [4.78, 5) is 11.7. The third kappa shape index (κ3) is 4.23. The summed E-state index contributed by atoms with van der Waals surface area (Å²) in [5.74, 6) is 1.47. The molecule has 1 aromatic heterocycles. The van der Waals surface area contributed by atoms with E-state index in [1.165, 1.54) is 12.8 Å². The average Bonchev–Trinajstić information content (AvgIpc) is 2.89. The van der Waals surface area contributed by atoms with Crippen molar-refractivity contribution in [2.75, 3.05) is 19.8 Å². The van der Waals surface area contributed by atoms with Gasteiger partial charge in [-0.05, 0) is 36.8 Å². The summed E-state index contributed by atoms with van der Waals surface area (Å²) >= 11 is 0. The summed E-state index contributed by atoms with van der Waals surface area (Å²) in [6.45, 7) is 2.50. The van der Waals surface area contributed by atoms with Crippen LogP contribution < -0.4 is 10.1 Å². The summed E-state index contributed by atoms with van der Waals surface area (Å²) < 4.78 is 10.1. The van der Waals surface area contributed by atoms with Crippen LogP contribution in [-0.4, -0.2) is 35.9 Å². The predicted molar refractivity (Wildman–Crippen MR) is 72.3 cm³/mol. The van der Waals surface area contributed by atoms with Gasteiger partial charge in [0.2, 0.25) is 0 Å². The summed E-state index contributed by atoms with van der Waals surface area (Å²) in [5, 5.41) is 15.8. The van der Waals surface area contributed by atoms with Crippen LogP contribution in [0, 0.1) is 18.8 Å². The normalized spacial score (nSPS) is 22.5. The smallest absolute Gasteiger partial charge is 0.258 e. The minimum atomic E-state index is -0.173. The molecule has 1 aromatic rings. The van der Waals surface area contributed by atoms with Gasteiger partial charge in [-0.15, -0.1) is 0 Å². The third-order valence-electron chi connectivity index (χ3n) is 3.82. The van der Waals surface area contributed by atoms with E-state index in [4.69, 9.17) is 9.26 Å². The van der Waals surface area contributed by atoms with Crippen LogP contribution in [0.15, 0.2) is 10.6 Å². The first-order valence-electron chi connectivity index (χ1n) is 7.12. The van der Waals surface area contributed by atoms with Gasteiger partial charge in [0.1, 0.15) is 5.76 Å². The zero-order valence-corrected chi connectivity index (χ0v) is 11.8. The van der Waals surface area contributed by atoms with E-state index in [0.29, 0.717) is 30.0 Å². The lowest BCUT2D eigenvalue weighted by molar-refractivity contribution is -0.123. The van der Waals surface area contributed by atoms with Crippen LogP contribution in [0.4, 0.5) is 0 Å². The van der Waals surface area contributed by atoms with E-state index < -0.39 is 0 Å². The molecule has 112 valence electrons. The van der Waals surface area contributed by atoms with Crippen molar-refractivity contribution in [1.29, 1.82) is 0 Å². The number of aliphatic hydroxyl groups is 1. The van der Waals surface area contributed by atoms with E-state index in [1.807, 2.05) is 0 Å². The molecule has 1 aliphatic rings. The maximum atomic E-state index is 11.7. The van der Waals surface area contributed by atoms with Gasteiger partial charge in [-0.25, -0.2) is 0 Å². The first kappa shape index (κ1) is 14.8. The highest BCUT2D eigenvalue weighted by atomic mass is 16.5. The highest BCUT2D eigenvalue weighted by molar-refractivity contribution is 5.77. The third-order valence-corrected chi connectivity index (χ3v) is 3.82. The lowest BCUT2D eigenvalue weighted by atomic mass is 9.79. The quantitative estimate of drug-likeness (QED) is 0.821. The second-order valence-corrected chi connectivity index (χ2v) is 5.36. The van der Waals surface area contributed by atoms with Gasteiger partial charge >= 0.3 is 0 Å². The van der Waals surface area contributed by atoms with E-state index in [-0.39, 0.29) is 19.1 Å². The Labute approximate surface area is 118 Å². The van der Waals surface area contributed by atoms with Crippen molar-refractivity contribution in [2.24, 2.45) is 11.8 Å². The Morgan fingerprint density at radius 2 is 2.25 bits per heavy atom. The Bertz CT molecular complexity index is 433. The first-order chi connectivity index (χ1) is 9.69. The topological polar surface area (TPSA) is 84.6 Å². The van der Waals surface area contributed by atoms with Crippen LogP contribution in [0.3, 0.4) is 0 Å². The average molecular weight is 282 g/mol. The number of aliphatic hydroxyl groups excluding tert-OH is 1. The Hall–Kier alpha value is -1.56. The summed E-state index contributed by atoms with van der Waals surface area (Å²) in [5.41, 5.74) is 0. The van der Waals surface area contributed by atoms with Gasteiger partial charge in [0.15, 0.2) is 6.61 Å². The highest BCUT2D eigenvalue weighted by Gasteiger charge is 2.24. The highest BCUT2D eigenvalue weighted by Crippen LogP contribution is 2.28. The molecular formula is C14H22N2O4. The van der Waals surface area contributed by atoms with Crippen molar-refractivity contribution < 1.29 is 19.2 Å². The van der Waals surface area contributed by atoms with Crippen molar-refractivity contribution in [3.8, 4) is 5.88 Å². The van der Waals surface area contributed by atoms with Crippen molar-refractivity contribution in [1.82, 2.24) is 10.5 Å². The second-order valence-electron chi connectivity index (χ2n) is 5.36. The molecule has 0 radical (unpaired) electrons. The first-order valence-corrected chi connectivity index (χ1v) is 7.12. The molecule has 2 N–H and O–H groups in total. The van der Waals surface area contributed by atoms with Crippen LogP contribution in [-0.2, 0) is 4.79 Å². The molecule has 1 heterocycles. The molecule has 2 rings (SSSR count). The summed E-state index contributed by atoms with van der Waals surface area (Å²) in [7, 11) is 0. The van der Waals surface area contributed by atoms with Crippen molar-refractivity contribution in [2.45, 2.75) is 32.6 Å². The van der Waals surface area contributed by atoms with Gasteiger partial charge in [-0.2, -0.15) is 0 Å². The molecule has 0 aromatic carbocycles. The maximum absolute atomic E-state index is 11.7. The largest absolute Gasteiger partial charge is 0.465 e. The van der Waals surface area contributed by atoms with Crippen LogP contribution >= 0.6 is 0 Å². The van der Waals surface area contributed by atoms with E-state index in [1.54, 1.807) is 13.0 Å². The van der Waals surface area contributed by atoms with E-state index in [2.05, 4.69) is 10.5 Å². The molecular weight excluding hydrogens is 260 g/mol. The fourth-order valence-corrected chi connectivity index (χ4v) is 2.64. The number of carbonyl (C=O) groups excluding carboxylic acids is 1. The van der Waals surface area contributed by atoms with E-state index >= 15 is 0 Å². The summed E-state index contributed by atoms with van der Waals surface area (Å²) in [6.07, 6.45) is 4.46. The zero-order valence-electron chi connectivity index (χ0n) is 11.8. The molecule has 6 nitrogen and oxygen atoms in total. The Kier molecular flexibility index (Phi) is 5.40. The molecule has 1 fully saturated rings. The fraction of sp³-hybridized carbons (Fsp3) is 0.714. The van der Waals surface area contributed by atoms with Crippen molar-refractivity contribution >= 4 is 5.91 Å². The number of nitrogens with one attached hydrogen (secondary N) is 1. The maximum Gasteiger partial charge on any atom is 0.258 e. The van der Waals surface area contributed by atoms with Gasteiger partial charge in [-0.3, -0.25) is 4.79 Å². The number of hydrogen-bond donors (Lipinski definition) is 2. The molecule has 1 amide bonds. The number of hydrogen-bond acceptors (Lipinski definition) is 5. The van der Waals surface area contributed by atoms with Gasteiger partial charge in [0.25, 0.3) is 11.8 Å².